The normalized spacial score (nSPS) is 18.0. The number of rotatable bonds is 5. The Kier molecular flexibility index (Phi) is 6.23. The van der Waals surface area contributed by atoms with E-state index in [4.69, 9.17) is 26.8 Å². The van der Waals surface area contributed by atoms with Gasteiger partial charge >= 0.3 is 0 Å². The molecular weight excluding hydrogens is 322 g/mol. The summed E-state index contributed by atoms with van der Waals surface area (Å²) in [5.41, 5.74) is 6.77. The molecule has 2 rings (SSSR count). The van der Waals surface area contributed by atoms with E-state index in [0.717, 1.165) is 31.7 Å². The minimum absolute atomic E-state index is 0.127. The molecule has 1 aliphatic rings. The molecule has 7 heteroatoms. The van der Waals surface area contributed by atoms with Crippen LogP contribution >= 0.6 is 23.4 Å². The number of nitrogens with one attached hydrogen (secondary N) is 1. The topological polar surface area (TPSA) is 68.9 Å². The van der Waals surface area contributed by atoms with Gasteiger partial charge in [0.15, 0.2) is 5.96 Å². The highest BCUT2D eigenvalue weighted by Gasteiger charge is 2.31. The number of anilines is 1. The Hall–Kier alpha value is -1.11. The van der Waals surface area contributed by atoms with Gasteiger partial charge in [-0.3, -0.25) is 4.99 Å². The van der Waals surface area contributed by atoms with E-state index in [1.54, 1.807) is 19.2 Å². The summed E-state index contributed by atoms with van der Waals surface area (Å²) in [6, 6.07) is 5.41. The third-order valence-corrected chi connectivity index (χ3v) is 5.50. The molecule has 1 aromatic rings. The van der Waals surface area contributed by atoms with Crippen LogP contribution in [0.1, 0.15) is 12.8 Å². The SMILES string of the molecule is COc1ccc(NC(N)=NCC2(SC)CCOCC2)cc1Cl. The van der Waals surface area contributed by atoms with Gasteiger partial charge in [0, 0.05) is 23.6 Å². The van der Waals surface area contributed by atoms with E-state index in [0.29, 0.717) is 23.3 Å². The Morgan fingerprint density at radius 1 is 1.50 bits per heavy atom. The van der Waals surface area contributed by atoms with Crippen molar-refractivity contribution in [3.63, 3.8) is 0 Å². The van der Waals surface area contributed by atoms with E-state index in [9.17, 15) is 0 Å². The molecule has 0 aromatic heterocycles. The van der Waals surface area contributed by atoms with Gasteiger partial charge in [0.2, 0.25) is 0 Å². The zero-order valence-electron chi connectivity index (χ0n) is 12.9. The Bertz CT molecular complexity index is 534. The maximum Gasteiger partial charge on any atom is 0.193 e. The van der Waals surface area contributed by atoms with E-state index in [-0.39, 0.29) is 4.75 Å². The number of nitrogens with two attached hydrogens (primary N) is 1. The lowest BCUT2D eigenvalue weighted by Crippen LogP contribution is -2.37. The molecule has 3 N–H and O–H groups in total. The Labute approximate surface area is 140 Å². The summed E-state index contributed by atoms with van der Waals surface area (Å²) in [6.07, 6.45) is 4.12. The van der Waals surface area contributed by atoms with Gasteiger partial charge in [-0.15, -0.1) is 0 Å². The summed E-state index contributed by atoms with van der Waals surface area (Å²) in [5.74, 6) is 1.02. The molecule has 0 bridgehead atoms. The first-order chi connectivity index (χ1) is 10.6. The third kappa shape index (κ3) is 4.44. The van der Waals surface area contributed by atoms with Crippen LogP contribution in [0.25, 0.3) is 0 Å². The van der Waals surface area contributed by atoms with Crippen molar-refractivity contribution in [2.45, 2.75) is 17.6 Å². The van der Waals surface area contributed by atoms with Gasteiger partial charge in [0.1, 0.15) is 5.75 Å². The number of methoxy groups -OCH3 is 1. The van der Waals surface area contributed by atoms with E-state index < -0.39 is 0 Å². The molecular formula is C15H22ClN3O2S. The number of nitrogens with zero attached hydrogens (tertiary/aromatic N) is 1. The van der Waals surface area contributed by atoms with E-state index in [1.165, 1.54) is 0 Å². The number of hydrogen-bond acceptors (Lipinski definition) is 4. The molecule has 0 aliphatic carbocycles. The minimum Gasteiger partial charge on any atom is -0.495 e. The molecule has 0 radical (unpaired) electrons. The van der Waals surface area contributed by atoms with Crippen LogP contribution < -0.4 is 15.8 Å². The van der Waals surface area contributed by atoms with Crippen molar-refractivity contribution in [2.75, 3.05) is 38.4 Å². The van der Waals surface area contributed by atoms with Crippen LogP contribution in [0, 0.1) is 0 Å². The molecule has 0 amide bonds. The maximum atomic E-state index is 6.09. The number of halogens is 1. The molecule has 0 saturated carbocycles. The highest BCUT2D eigenvalue weighted by atomic mass is 35.5. The fourth-order valence-corrected chi connectivity index (χ4v) is 3.36. The van der Waals surface area contributed by atoms with E-state index in [2.05, 4.69) is 16.6 Å². The lowest BCUT2D eigenvalue weighted by molar-refractivity contribution is 0.0794. The summed E-state index contributed by atoms with van der Waals surface area (Å²) in [6.45, 7) is 2.26. The summed E-state index contributed by atoms with van der Waals surface area (Å²) in [4.78, 5) is 4.49. The zero-order chi connectivity index (χ0) is 16.0. The second kappa shape index (κ2) is 7.94. The van der Waals surface area contributed by atoms with Crippen molar-refractivity contribution in [1.82, 2.24) is 0 Å². The van der Waals surface area contributed by atoms with E-state index in [1.807, 2.05) is 17.8 Å². The highest BCUT2D eigenvalue weighted by molar-refractivity contribution is 8.00. The molecule has 1 aromatic carbocycles. The van der Waals surface area contributed by atoms with E-state index >= 15 is 0 Å². The van der Waals surface area contributed by atoms with Crippen LogP contribution in [0.2, 0.25) is 5.02 Å². The molecule has 122 valence electrons. The minimum atomic E-state index is 0.127. The molecule has 0 atom stereocenters. The number of aliphatic imine (C=N–C) groups is 1. The molecule has 1 saturated heterocycles. The van der Waals surface area contributed by atoms with Crippen LogP contribution in [-0.4, -0.2) is 43.8 Å². The standard InChI is InChI=1S/C15H22ClN3O2S/c1-20-13-4-3-11(9-12(13)16)19-14(17)18-10-15(22-2)5-7-21-8-6-15/h3-4,9H,5-8,10H2,1-2H3,(H3,17,18,19). The summed E-state index contributed by atoms with van der Waals surface area (Å²) >= 11 is 7.93. The van der Waals surface area contributed by atoms with Crippen molar-refractivity contribution in [1.29, 1.82) is 0 Å². The molecule has 5 nitrogen and oxygen atoms in total. The van der Waals surface area contributed by atoms with Crippen LogP contribution in [0.4, 0.5) is 5.69 Å². The maximum absolute atomic E-state index is 6.09. The molecule has 22 heavy (non-hydrogen) atoms. The predicted molar refractivity (Wildman–Crippen MR) is 94.4 cm³/mol. The van der Waals surface area contributed by atoms with Crippen molar-refractivity contribution in [2.24, 2.45) is 10.7 Å². The van der Waals surface area contributed by atoms with Crippen LogP contribution in [0.5, 0.6) is 5.75 Å². The molecule has 0 unspecified atom stereocenters. The van der Waals surface area contributed by atoms with Crippen molar-refractivity contribution in [3.8, 4) is 5.75 Å². The van der Waals surface area contributed by atoms with Crippen LogP contribution in [0.3, 0.4) is 0 Å². The summed E-state index contributed by atoms with van der Waals surface area (Å²) < 4.78 is 10.7. The second-order valence-electron chi connectivity index (χ2n) is 5.18. The van der Waals surface area contributed by atoms with Gasteiger partial charge in [-0.1, -0.05) is 11.6 Å². The summed E-state index contributed by atoms with van der Waals surface area (Å²) in [7, 11) is 1.58. The average Bonchev–Trinajstić information content (AvgIpc) is 2.54. The van der Waals surface area contributed by atoms with Crippen molar-refractivity contribution < 1.29 is 9.47 Å². The number of thioether (sulfide) groups is 1. The molecule has 1 fully saturated rings. The van der Waals surface area contributed by atoms with Crippen LogP contribution in [-0.2, 0) is 4.74 Å². The number of hydrogen-bond donors (Lipinski definition) is 2. The monoisotopic (exact) mass is 343 g/mol. The second-order valence-corrected chi connectivity index (χ2v) is 6.86. The first-order valence-electron chi connectivity index (χ1n) is 7.12. The Balaban J connectivity index is 1.98. The van der Waals surface area contributed by atoms with Gasteiger partial charge in [-0.25, -0.2) is 0 Å². The molecule has 0 spiro atoms. The fraction of sp³-hybridized carbons (Fsp3) is 0.533. The summed E-state index contributed by atoms with van der Waals surface area (Å²) in [5, 5.41) is 3.59. The van der Waals surface area contributed by atoms with Gasteiger partial charge in [0.05, 0.1) is 18.7 Å². The first-order valence-corrected chi connectivity index (χ1v) is 8.72. The largest absolute Gasteiger partial charge is 0.495 e. The van der Waals surface area contributed by atoms with Crippen molar-refractivity contribution in [3.05, 3.63) is 23.2 Å². The Morgan fingerprint density at radius 2 is 2.23 bits per heavy atom. The number of ether oxygens (including phenoxy) is 2. The number of guanidine groups is 1. The van der Waals surface area contributed by atoms with Crippen molar-refractivity contribution >= 4 is 35.0 Å². The zero-order valence-corrected chi connectivity index (χ0v) is 14.5. The quantitative estimate of drug-likeness (QED) is 0.635. The fourth-order valence-electron chi connectivity index (χ4n) is 2.33. The highest BCUT2D eigenvalue weighted by Crippen LogP contribution is 2.34. The van der Waals surface area contributed by atoms with Crippen LogP contribution in [0.15, 0.2) is 23.2 Å². The third-order valence-electron chi connectivity index (χ3n) is 3.80. The lowest BCUT2D eigenvalue weighted by Gasteiger charge is -2.34. The van der Waals surface area contributed by atoms with Gasteiger partial charge in [-0.05, 0) is 37.3 Å². The average molecular weight is 344 g/mol. The molecule has 1 aliphatic heterocycles. The molecule has 1 heterocycles. The predicted octanol–water partition coefficient (Wildman–Crippen LogP) is 2.99. The lowest BCUT2D eigenvalue weighted by atomic mass is 9.99. The first kappa shape index (κ1) is 17.2. The smallest absolute Gasteiger partial charge is 0.193 e. The Morgan fingerprint density at radius 3 is 2.82 bits per heavy atom. The van der Waals surface area contributed by atoms with Gasteiger partial charge < -0.3 is 20.5 Å². The number of benzene rings is 1. The van der Waals surface area contributed by atoms with Gasteiger partial charge in [0.25, 0.3) is 0 Å². The van der Waals surface area contributed by atoms with Gasteiger partial charge in [-0.2, -0.15) is 11.8 Å².